The summed E-state index contributed by atoms with van der Waals surface area (Å²) in [5, 5.41) is 5.52. The molecule has 1 heterocycles. The highest BCUT2D eigenvalue weighted by atomic mass is 35.5. The van der Waals surface area contributed by atoms with Crippen LogP contribution in [0.1, 0.15) is 16.8 Å². The molecule has 6 heteroatoms. The maximum atomic E-state index is 12.1. The second-order valence-electron chi connectivity index (χ2n) is 4.66. The van der Waals surface area contributed by atoms with Crippen molar-refractivity contribution in [1.82, 2.24) is 10.6 Å². The predicted molar refractivity (Wildman–Crippen MR) is 73.9 cm³/mol. The van der Waals surface area contributed by atoms with Gasteiger partial charge in [0.15, 0.2) is 0 Å². The minimum atomic E-state index is -0.986. The number of benzene rings is 1. The third-order valence-electron chi connectivity index (χ3n) is 3.27. The fourth-order valence-corrected chi connectivity index (χ4v) is 2.33. The molecule has 1 aromatic carbocycles. The third-order valence-corrected chi connectivity index (χ3v) is 3.82. The van der Waals surface area contributed by atoms with Crippen LogP contribution in [0.2, 0.25) is 0 Å². The second-order valence-corrected chi connectivity index (χ2v) is 5.19. The Hall–Kier alpha value is -1.14. The molecule has 1 amide bonds. The van der Waals surface area contributed by atoms with Crippen molar-refractivity contribution in [2.75, 3.05) is 13.7 Å². The second kappa shape index (κ2) is 5.88. The summed E-state index contributed by atoms with van der Waals surface area (Å²) < 4.78 is 5.22. The third kappa shape index (κ3) is 3.25. The Morgan fingerprint density at radius 3 is 2.84 bits per heavy atom. The minimum absolute atomic E-state index is 0.212. The van der Waals surface area contributed by atoms with Gasteiger partial charge in [-0.05, 0) is 12.1 Å². The SMILES string of the molecule is COC1CC(N)(NC(=O)c2ccccc2)C(Cl)CN1. The summed E-state index contributed by atoms with van der Waals surface area (Å²) in [5.41, 5.74) is 5.80. The number of carbonyl (C=O) groups is 1. The smallest absolute Gasteiger partial charge is 0.252 e. The van der Waals surface area contributed by atoms with Crippen molar-refractivity contribution < 1.29 is 9.53 Å². The summed E-state index contributed by atoms with van der Waals surface area (Å²) in [6.45, 7) is 0.478. The quantitative estimate of drug-likeness (QED) is 0.562. The van der Waals surface area contributed by atoms with Crippen LogP contribution in [0, 0.1) is 0 Å². The van der Waals surface area contributed by atoms with Gasteiger partial charge in [-0.1, -0.05) is 18.2 Å². The summed E-state index contributed by atoms with van der Waals surface area (Å²) in [5.74, 6) is -0.231. The van der Waals surface area contributed by atoms with Crippen molar-refractivity contribution in [3.8, 4) is 0 Å². The largest absolute Gasteiger partial charge is 0.366 e. The van der Waals surface area contributed by atoms with E-state index in [2.05, 4.69) is 10.6 Å². The summed E-state index contributed by atoms with van der Waals surface area (Å²) >= 11 is 6.22. The number of ether oxygens (including phenoxy) is 1. The minimum Gasteiger partial charge on any atom is -0.366 e. The normalized spacial score (nSPS) is 30.9. The van der Waals surface area contributed by atoms with Gasteiger partial charge in [0.25, 0.3) is 5.91 Å². The fourth-order valence-electron chi connectivity index (χ4n) is 2.09. The number of piperidine rings is 1. The van der Waals surface area contributed by atoms with Gasteiger partial charge in [-0.2, -0.15) is 0 Å². The molecule has 4 N–H and O–H groups in total. The van der Waals surface area contributed by atoms with Gasteiger partial charge < -0.3 is 15.8 Å². The Morgan fingerprint density at radius 1 is 1.53 bits per heavy atom. The number of halogens is 1. The van der Waals surface area contributed by atoms with E-state index in [1.165, 1.54) is 0 Å². The monoisotopic (exact) mass is 283 g/mol. The summed E-state index contributed by atoms with van der Waals surface area (Å²) in [6.07, 6.45) is 0.201. The molecule has 0 aromatic heterocycles. The molecule has 0 radical (unpaired) electrons. The zero-order valence-corrected chi connectivity index (χ0v) is 11.5. The van der Waals surface area contributed by atoms with Gasteiger partial charge in [0, 0.05) is 25.6 Å². The molecule has 2 rings (SSSR count). The van der Waals surface area contributed by atoms with Crippen LogP contribution in [0.25, 0.3) is 0 Å². The molecule has 3 atom stereocenters. The van der Waals surface area contributed by atoms with Gasteiger partial charge in [0.05, 0.1) is 5.38 Å². The number of carbonyl (C=O) groups excluding carboxylic acids is 1. The molecule has 0 saturated carbocycles. The van der Waals surface area contributed by atoms with Crippen LogP contribution < -0.4 is 16.4 Å². The molecule has 0 bridgehead atoms. The number of nitrogens with two attached hydrogens (primary N) is 1. The zero-order valence-electron chi connectivity index (χ0n) is 10.7. The first-order valence-electron chi connectivity index (χ1n) is 6.12. The molecular formula is C13H18ClN3O2. The van der Waals surface area contributed by atoms with E-state index in [4.69, 9.17) is 22.1 Å². The van der Waals surface area contributed by atoms with Crippen LogP contribution in [0.4, 0.5) is 0 Å². The highest BCUT2D eigenvalue weighted by molar-refractivity contribution is 6.22. The fraction of sp³-hybridized carbons (Fsp3) is 0.462. The van der Waals surface area contributed by atoms with Gasteiger partial charge >= 0.3 is 0 Å². The van der Waals surface area contributed by atoms with E-state index in [0.717, 1.165) is 0 Å². The first-order valence-corrected chi connectivity index (χ1v) is 6.55. The number of hydrogen-bond donors (Lipinski definition) is 3. The molecule has 1 fully saturated rings. The van der Waals surface area contributed by atoms with Crippen LogP contribution in [-0.2, 0) is 4.74 Å². The van der Waals surface area contributed by atoms with Crippen molar-refractivity contribution in [2.45, 2.75) is 23.7 Å². The number of methoxy groups -OCH3 is 1. The number of alkyl halides is 1. The molecule has 104 valence electrons. The molecule has 1 saturated heterocycles. The Balaban J connectivity index is 2.09. The van der Waals surface area contributed by atoms with Crippen molar-refractivity contribution in [1.29, 1.82) is 0 Å². The van der Waals surface area contributed by atoms with Crippen molar-refractivity contribution in [2.24, 2.45) is 5.73 Å². The number of nitrogens with one attached hydrogen (secondary N) is 2. The molecular weight excluding hydrogens is 266 g/mol. The van der Waals surface area contributed by atoms with E-state index < -0.39 is 11.0 Å². The Bertz CT molecular complexity index is 443. The zero-order chi connectivity index (χ0) is 13.9. The first-order chi connectivity index (χ1) is 9.05. The van der Waals surface area contributed by atoms with Crippen molar-refractivity contribution in [3.63, 3.8) is 0 Å². The van der Waals surface area contributed by atoms with Gasteiger partial charge in [0.1, 0.15) is 11.9 Å². The van der Waals surface area contributed by atoms with E-state index in [1.807, 2.05) is 6.07 Å². The van der Waals surface area contributed by atoms with E-state index in [0.29, 0.717) is 18.5 Å². The highest BCUT2D eigenvalue weighted by Gasteiger charge is 2.41. The lowest BCUT2D eigenvalue weighted by Crippen LogP contribution is -2.69. The standard InChI is InChI=1S/C13H18ClN3O2/c1-19-11-7-13(15,10(14)8-16-11)17-12(18)9-5-3-2-4-6-9/h2-6,10-11,16H,7-8,15H2,1H3,(H,17,18). The Morgan fingerprint density at radius 2 is 2.21 bits per heavy atom. The van der Waals surface area contributed by atoms with Crippen LogP contribution in [0.15, 0.2) is 30.3 Å². The first kappa shape index (κ1) is 14.3. The van der Waals surface area contributed by atoms with Gasteiger partial charge in [0.2, 0.25) is 0 Å². The van der Waals surface area contributed by atoms with Gasteiger partial charge in [-0.15, -0.1) is 11.6 Å². The summed E-state index contributed by atoms with van der Waals surface area (Å²) in [7, 11) is 1.59. The predicted octanol–water partition coefficient (Wildman–Crippen LogP) is 0.645. The van der Waals surface area contributed by atoms with Crippen LogP contribution in [-0.4, -0.2) is 36.8 Å². The van der Waals surface area contributed by atoms with E-state index in [-0.39, 0.29) is 12.1 Å². The van der Waals surface area contributed by atoms with Crippen molar-refractivity contribution in [3.05, 3.63) is 35.9 Å². The number of hydrogen-bond acceptors (Lipinski definition) is 4. The Kier molecular flexibility index (Phi) is 4.42. The maximum Gasteiger partial charge on any atom is 0.252 e. The maximum absolute atomic E-state index is 12.1. The molecule has 1 aromatic rings. The average molecular weight is 284 g/mol. The summed E-state index contributed by atoms with van der Waals surface area (Å²) in [4.78, 5) is 12.1. The average Bonchev–Trinajstić information content (AvgIpc) is 2.43. The molecule has 19 heavy (non-hydrogen) atoms. The van der Waals surface area contributed by atoms with E-state index >= 15 is 0 Å². The summed E-state index contributed by atoms with van der Waals surface area (Å²) in [6, 6.07) is 8.92. The van der Waals surface area contributed by atoms with Crippen LogP contribution in [0.3, 0.4) is 0 Å². The van der Waals surface area contributed by atoms with Crippen LogP contribution in [0.5, 0.6) is 0 Å². The van der Waals surface area contributed by atoms with Gasteiger partial charge in [-0.3, -0.25) is 10.1 Å². The number of amides is 1. The molecule has 0 spiro atoms. The lowest BCUT2D eigenvalue weighted by Gasteiger charge is -2.42. The van der Waals surface area contributed by atoms with Gasteiger partial charge in [-0.25, -0.2) is 0 Å². The topological polar surface area (TPSA) is 76.4 Å². The molecule has 0 aliphatic carbocycles. The lowest BCUT2D eigenvalue weighted by atomic mass is 9.96. The molecule has 3 unspecified atom stereocenters. The Labute approximate surface area is 117 Å². The molecule has 1 aliphatic heterocycles. The van der Waals surface area contributed by atoms with Crippen molar-refractivity contribution >= 4 is 17.5 Å². The van der Waals surface area contributed by atoms with Crippen LogP contribution >= 0.6 is 11.6 Å². The molecule has 5 nitrogen and oxygen atoms in total. The van der Waals surface area contributed by atoms with E-state index in [1.54, 1.807) is 31.4 Å². The molecule has 1 aliphatic rings. The lowest BCUT2D eigenvalue weighted by molar-refractivity contribution is 0.0183. The van der Waals surface area contributed by atoms with E-state index in [9.17, 15) is 4.79 Å². The number of rotatable bonds is 3. The highest BCUT2D eigenvalue weighted by Crippen LogP contribution is 2.22.